The first kappa shape index (κ1) is 15.2. The van der Waals surface area contributed by atoms with Gasteiger partial charge in [-0.2, -0.15) is 5.10 Å². The average Bonchev–Trinajstić information content (AvgIpc) is 3.09. The normalized spacial score (nSPS) is 12.8. The number of hydrogen-bond acceptors (Lipinski definition) is 4. The van der Waals surface area contributed by atoms with Gasteiger partial charge in [-0.05, 0) is 28.9 Å². The number of hydrogen-bond donors (Lipinski definition) is 2. The molecule has 1 atom stereocenters. The van der Waals surface area contributed by atoms with Crippen LogP contribution in [0.5, 0.6) is 0 Å². The monoisotopic (exact) mass is 341 g/mol. The van der Waals surface area contributed by atoms with Crippen LogP contribution in [0.4, 0.5) is 0 Å². The number of aromatic amines is 1. The number of aromatic nitrogens is 4. The molecular formula is C13H20BrN5O. The molecule has 2 rings (SSSR count). The highest BCUT2D eigenvalue weighted by molar-refractivity contribution is 9.10. The quantitative estimate of drug-likeness (QED) is 0.771. The number of ether oxygens (including phenoxy) is 1. The molecule has 0 bridgehead atoms. The summed E-state index contributed by atoms with van der Waals surface area (Å²) in [4.78, 5) is 7.55. The summed E-state index contributed by atoms with van der Waals surface area (Å²) in [5, 5.41) is 7.91. The predicted molar refractivity (Wildman–Crippen MR) is 80.5 cm³/mol. The number of rotatable bonds is 8. The van der Waals surface area contributed by atoms with Crippen LogP contribution in [0.2, 0.25) is 0 Å². The molecule has 20 heavy (non-hydrogen) atoms. The van der Waals surface area contributed by atoms with Gasteiger partial charge in [0.1, 0.15) is 11.9 Å². The average molecular weight is 342 g/mol. The van der Waals surface area contributed by atoms with E-state index in [-0.39, 0.29) is 6.04 Å². The standard InChI is InChI=1S/C13H20BrN5O/c1-3-4-15-11(13-16-5-6-17-13)12-10(14)9-18-19(12)7-8-20-2/h5-6,9,11,15H,3-4,7-8H2,1-2H3,(H,16,17). The van der Waals surface area contributed by atoms with Gasteiger partial charge in [0.05, 0.1) is 29.5 Å². The first-order valence-electron chi connectivity index (χ1n) is 6.70. The second kappa shape index (κ2) is 7.56. The number of methoxy groups -OCH3 is 1. The van der Waals surface area contributed by atoms with Gasteiger partial charge in [0.15, 0.2) is 0 Å². The zero-order chi connectivity index (χ0) is 14.4. The largest absolute Gasteiger partial charge is 0.383 e. The van der Waals surface area contributed by atoms with Crippen molar-refractivity contribution in [2.45, 2.75) is 25.9 Å². The smallest absolute Gasteiger partial charge is 0.129 e. The fourth-order valence-corrected chi connectivity index (χ4v) is 2.59. The molecule has 0 aromatic carbocycles. The Bertz CT molecular complexity index is 511. The molecule has 2 heterocycles. The Morgan fingerprint density at radius 1 is 1.55 bits per heavy atom. The van der Waals surface area contributed by atoms with Gasteiger partial charge in [-0.25, -0.2) is 4.98 Å². The zero-order valence-electron chi connectivity index (χ0n) is 11.8. The fourth-order valence-electron chi connectivity index (χ4n) is 2.06. The molecule has 0 saturated heterocycles. The summed E-state index contributed by atoms with van der Waals surface area (Å²) in [6.45, 7) is 4.39. The van der Waals surface area contributed by atoms with Crippen LogP contribution in [0.25, 0.3) is 0 Å². The number of nitrogens with zero attached hydrogens (tertiary/aromatic N) is 3. The Labute approximate surface area is 127 Å². The molecule has 2 aromatic rings. The lowest BCUT2D eigenvalue weighted by molar-refractivity contribution is 0.182. The molecule has 1 unspecified atom stereocenters. The molecule has 0 radical (unpaired) electrons. The lowest BCUT2D eigenvalue weighted by Crippen LogP contribution is -2.27. The third-order valence-electron chi connectivity index (χ3n) is 3.01. The molecule has 0 fully saturated rings. The molecular weight excluding hydrogens is 322 g/mol. The maximum Gasteiger partial charge on any atom is 0.129 e. The van der Waals surface area contributed by atoms with Crippen LogP contribution in [0.1, 0.15) is 30.9 Å². The summed E-state index contributed by atoms with van der Waals surface area (Å²) in [7, 11) is 1.69. The maximum absolute atomic E-state index is 5.14. The summed E-state index contributed by atoms with van der Waals surface area (Å²) in [6.07, 6.45) is 6.47. The summed E-state index contributed by atoms with van der Waals surface area (Å²) < 4.78 is 8.06. The van der Waals surface area contributed by atoms with E-state index in [1.54, 1.807) is 13.3 Å². The van der Waals surface area contributed by atoms with E-state index >= 15 is 0 Å². The van der Waals surface area contributed by atoms with Crippen LogP contribution in [0, 0.1) is 0 Å². The predicted octanol–water partition coefficient (Wildman–Crippen LogP) is 2.10. The van der Waals surface area contributed by atoms with Crippen LogP contribution in [-0.4, -0.2) is 40.0 Å². The first-order chi connectivity index (χ1) is 9.77. The molecule has 6 nitrogen and oxygen atoms in total. The molecule has 7 heteroatoms. The van der Waals surface area contributed by atoms with Crippen molar-refractivity contribution in [1.29, 1.82) is 0 Å². The van der Waals surface area contributed by atoms with Gasteiger partial charge < -0.3 is 15.0 Å². The van der Waals surface area contributed by atoms with E-state index in [0.717, 1.165) is 29.0 Å². The van der Waals surface area contributed by atoms with E-state index in [0.29, 0.717) is 13.2 Å². The third-order valence-corrected chi connectivity index (χ3v) is 3.62. The number of imidazole rings is 1. The summed E-state index contributed by atoms with van der Waals surface area (Å²) in [6, 6.07) is -0.0151. The van der Waals surface area contributed by atoms with Crippen LogP contribution >= 0.6 is 15.9 Å². The zero-order valence-corrected chi connectivity index (χ0v) is 13.4. The van der Waals surface area contributed by atoms with E-state index in [2.05, 4.69) is 43.2 Å². The van der Waals surface area contributed by atoms with Gasteiger partial charge in [-0.15, -0.1) is 0 Å². The van der Waals surface area contributed by atoms with Crippen molar-refractivity contribution < 1.29 is 4.74 Å². The van der Waals surface area contributed by atoms with E-state index < -0.39 is 0 Å². The number of nitrogens with one attached hydrogen (secondary N) is 2. The summed E-state index contributed by atoms with van der Waals surface area (Å²) in [5.74, 6) is 0.887. The third kappa shape index (κ3) is 3.47. The van der Waals surface area contributed by atoms with E-state index in [1.807, 2.05) is 17.1 Å². The highest BCUT2D eigenvalue weighted by Crippen LogP contribution is 2.26. The second-order valence-electron chi connectivity index (χ2n) is 4.46. The van der Waals surface area contributed by atoms with Crippen molar-refractivity contribution in [2.24, 2.45) is 0 Å². The van der Waals surface area contributed by atoms with Gasteiger partial charge in [-0.1, -0.05) is 6.92 Å². The van der Waals surface area contributed by atoms with Crippen molar-refractivity contribution in [2.75, 3.05) is 20.3 Å². The highest BCUT2D eigenvalue weighted by Gasteiger charge is 2.23. The van der Waals surface area contributed by atoms with Crippen molar-refractivity contribution >= 4 is 15.9 Å². The van der Waals surface area contributed by atoms with Crippen LogP contribution < -0.4 is 5.32 Å². The molecule has 0 saturated carbocycles. The van der Waals surface area contributed by atoms with Crippen LogP contribution in [0.15, 0.2) is 23.1 Å². The summed E-state index contributed by atoms with van der Waals surface area (Å²) in [5.41, 5.74) is 1.06. The maximum atomic E-state index is 5.14. The minimum absolute atomic E-state index is 0.0151. The SMILES string of the molecule is CCCNC(c1ncc[nH]1)c1c(Br)cnn1CCOC. The molecule has 0 aliphatic rings. The lowest BCUT2D eigenvalue weighted by Gasteiger charge is -2.19. The summed E-state index contributed by atoms with van der Waals surface area (Å²) >= 11 is 3.58. The number of H-pyrrole nitrogens is 1. The number of halogens is 1. The van der Waals surface area contributed by atoms with Crippen molar-refractivity contribution in [3.63, 3.8) is 0 Å². The van der Waals surface area contributed by atoms with E-state index in [9.17, 15) is 0 Å². The van der Waals surface area contributed by atoms with E-state index in [1.165, 1.54) is 0 Å². The molecule has 0 aliphatic heterocycles. The Morgan fingerprint density at radius 2 is 2.40 bits per heavy atom. The first-order valence-corrected chi connectivity index (χ1v) is 7.50. The Hall–Kier alpha value is -1.18. The molecule has 0 amide bonds. The highest BCUT2D eigenvalue weighted by atomic mass is 79.9. The minimum Gasteiger partial charge on any atom is -0.383 e. The molecule has 2 N–H and O–H groups in total. The lowest BCUT2D eigenvalue weighted by atomic mass is 10.2. The van der Waals surface area contributed by atoms with Crippen molar-refractivity contribution in [1.82, 2.24) is 25.1 Å². The molecule has 0 spiro atoms. The Morgan fingerprint density at radius 3 is 3.05 bits per heavy atom. The molecule has 110 valence electrons. The van der Waals surface area contributed by atoms with Crippen molar-refractivity contribution in [3.8, 4) is 0 Å². The molecule has 2 aromatic heterocycles. The van der Waals surface area contributed by atoms with Crippen LogP contribution in [0.3, 0.4) is 0 Å². The van der Waals surface area contributed by atoms with E-state index in [4.69, 9.17) is 4.74 Å². The molecule has 0 aliphatic carbocycles. The fraction of sp³-hybridized carbons (Fsp3) is 0.538. The van der Waals surface area contributed by atoms with Gasteiger partial charge in [0, 0.05) is 19.5 Å². The van der Waals surface area contributed by atoms with Gasteiger partial charge >= 0.3 is 0 Å². The van der Waals surface area contributed by atoms with Gasteiger partial charge in [-0.3, -0.25) is 4.68 Å². The Balaban J connectivity index is 2.30. The Kier molecular flexibility index (Phi) is 5.75. The minimum atomic E-state index is -0.0151. The van der Waals surface area contributed by atoms with Gasteiger partial charge in [0.25, 0.3) is 0 Å². The van der Waals surface area contributed by atoms with Crippen LogP contribution in [-0.2, 0) is 11.3 Å². The topological polar surface area (TPSA) is 67.8 Å². The van der Waals surface area contributed by atoms with Gasteiger partial charge in [0.2, 0.25) is 0 Å². The van der Waals surface area contributed by atoms with Crippen molar-refractivity contribution in [3.05, 3.63) is 34.6 Å². The second-order valence-corrected chi connectivity index (χ2v) is 5.31.